The van der Waals surface area contributed by atoms with E-state index in [1.165, 1.54) is 44.2 Å². The van der Waals surface area contributed by atoms with Gasteiger partial charge < -0.3 is 10.6 Å². The molecular weight excluding hydrogens is 212 g/mol. The normalized spacial score (nSPS) is 33.3. The van der Waals surface area contributed by atoms with E-state index in [9.17, 15) is 0 Å². The molecule has 1 saturated carbocycles. The second-order valence-corrected chi connectivity index (χ2v) is 5.39. The van der Waals surface area contributed by atoms with Crippen molar-refractivity contribution in [1.29, 1.82) is 0 Å². The lowest BCUT2D eigenvalue weighted by atomic mass is 9.93. The van der Waals surface area contributed by atoms with Crippen molar-refractivity contribution in [2.75, 3.05) is 6.54 Å². The second kappa shape index (κ2) is 5.19. The van der Waals surface area contributed by atoms with E-state index in [0.29, 0.717) is 6.04 Å². The van der Waals surface area contributed by atoms with Gasteiger partial charge in [-0.2, -0.15) is 5.10 Å². The number of H-pyrrole nitrogens is 1. The lowest BCUT2D eigenvalue weighted by Crippen LogP contribution is -2.41. The maximum atomic E-state index is 3.99. The zero-order valence-corrected chi connectivity index (χ0v) is 10.3. The van der Waals surface area contributed by atoms with E-state index in [4.69, 9.17) is 0 Å². The largest absolute Gasteiger partial charge is 0.314 e. The first kappa shape index (κ1) is 11.2. The fraction of sp³-hybridized carbons (Fsp3) is 0.769. The van der Waals surface area contributed by atoms with Gasteiger partial charge in [-0.25, -0.2) is 0 Å². The Labute approximate surface area is 103 Å². The lowest BCUT2D eigenvalue weighted by molar-refractivity contribution is 0.320. The summed E-state index contributed by atoms with van der Waals surface area (Å²) in [5, 5.41) is 14.2. The summed E-state index contributed by atoms with van der Waals surface area (Å²) < 4.78 is 0. The third-order valence-corrected chi connectivity index (χ3v) is 4.31. The molecule has 2 fully saturated rings. The Morgan fingerprint density at radius 2 is 2.29 bits per heavy atom. The number of rotatable bonds is 4. The minimum Gasteiger partial charge on any atom is -0.314 e. The van der Waals surface area contributed by atoms with Gasteiger partial charge in [0, 0.05) is 30.4 Å². The Bertz CT molecular complexity index is 329. The van der Waals surface area contributed by atoms with Crippen molar-refractivity contribution in [3.05, 3.63) is 18.0 Å². The molecule has 0 amide bonds. The maximum absolute atomic E-state index is 3.99. The summed E-state index contributed by atoms with van der Waals surface area (Å²) in [4.78, 5) is 0. The average molecular weight is 234 g/mol. The molecule has 3 atom stereocenters. The van der Waals surface area contributed by atoms with Gasteiger partial charge >= 0.3 is 0 Å². The van der Waals surface area contributed by atoms with Crippen LogP contribution in [0.3, 0.4) is 0 Å². The van der Waals surface area contributed by atoms with E-state index in [2.05, 4.69) is 20.8 Å². The Morgan fingerprint density at radius 3 is 3.06 bits per heavy atom. The Hall–Kier alpha value is -0.870. The van der Waals surface area contributed by atoms with Crippen LogP contribution in [0.25, 0.3) is 0 Å². The Balaban J connectivity index is 1.54. The molecule has 4 nitrogen and oxygen atoms in total. The summed E-state index contributed by atoms with van der Waals surface area (Å²) in [5.74, 6) is 0.837. The number of nitrogens with zero attached hydrogens (tertiary/aromatic N) is 1. The highest BCUT2D eigenvalue weighted by molar-refractivity contribution is 5.03. The molecule has 1 aromatic rings. The van der Waals surface area contributed by atoms with Gasteiger partial charge in [0.15, 0.2) is 0 Å². The number of nitrogens with one attached hydrogen (secondary N) is 3. The van der Waals surface area contributed by atoms with Crippen LogP contribution in [-0.4, -0.2) is 28.8 Å². The Morgan fingerprint density at radius 1 is 1.29 bits per heavy atom. The predicted molar refractivity (Wildman–Crippen MR) is 67.6 cm³/mol. The molecule has 2 aliphatic rings. The third-order valence-electron chi connectivity index (χ3n) is 4.31. The molecule has 0 bridgehead atoms. The molecule has 17 heavy (non-hydrogen) atoms. The first-order chi connectivity index (χ1) is 8.43. The molecular formula is C13H22N4. The Kier molecular flexibility index (Phi) is 3.43. The molecule has 94 valence electrons. The van der Waals surface area contributed by atoms with Gasteiger partial charge in [-0.3, -0.25) is 5.10 Å². The molecule has 1 saturated heterocycles. The molecule has 0 spiro atoms. The fourth-order valence-electron chi connectivity index (χ4n) is 3.42. The van der Waals surface area contributed by atoms with Gasteiger partial charge in [-0.15, -0.1) is 0 Å². The first-order valence-corrected chi connectivity index (χ1v) is 6.88. The van der Waals surface area contributed by atoms with Crippen molar-refractivity contribution in [1.82, 2.24) is 20.8 Å². The highest BCUT2D eigenvalue weighted by atomic mass is 15.1. The molecule has 1 aromatic heterocycles. The fourth-order valence-corrected chi connectivity index (χ4v) is 3.42. The molecule has 2 heterocycles. The minimum atomic E-state index is 0.695. The highest BCUT2D eigenvalue weighted by Gasteiger charge is 2.34. The van der Waals surface area contributed by atoms with E-state index in [1.54, 1.807) is 0 Å². The zero-order chi connectivity index (χ0) is 11.5. The van der Waals surface area contributed by atoms with Crippen molar-refractivity contribution in [2.24, 2.45) is 5.92 Å². The summed E-state index contributed by atoms with van der Waals surface area (Å²) in [6.07, 6.45) is 10.7. The molecule has 3 N–H and O–H groups in total. The quantitative estimate of drug-likeness (QED) is 0.738. The minimum absolute atomic E-state index is 0.695. The van der Waals surface area contributed by atoms with Crippen LogP contribution in [0, 0.1) is 5.92 Å². The topological polar surface area (TPSA) is 52.7 Å². The standard InChI is InChI=1S/C13H22N4/c1-3-11(12-5-2-6-14-12)13(4-1)15-7-10-8-16-17-9-10/h8-9,11-15H,1-7H2,(H,16,17). The van der Waals surface area contributed by atoms with Crippen LogP contribution < -0.4 is 10.6 Å². The van der Waals surface area contributed by atoms with Crippen LogP contribution in [-0.2, 0) is 6.54 Å². The second-order valence-electron chi connectivity index (χ2n) is 5.39. The monoisotopic (exact) mass is 234 g/mol. The van der Waals surface area contributed by atoms with Gasteiger partial charge in [0.05, 0.1) is 6.20 Å². The predicted octanol–water partition coefficient (Wildman–Crippen LogP) is 1.42. The number of aromatic amines is 1. The molecule has 1 aliphatic carbocycles. The first-order valence-electron chi connectivity index (χ1n) is 6.88. The SMILES string of the molecule is c1n[nH]cc1CNC1CCCC1C1CCCN1. The molecule has 3 unspecified atom stereocenters. The van der Waals surface area contributed by atoms with Crippen molar-refractivity contribution < 1.29 is 0 Å². The molecule has 0 aromatic carbocycles. The van der Waals surface area contributed by atoms with Crippen LogP contribution in [0.4, 0.5) is 0 Å². The van der Waals surface area contributed by atoms with Crippen LogP contribution in [0.5, 0.6) is 0 Å². The summed E-state index contributed by atoms with van der Waals surface area (Å²) in [5.41, 5.74) is 1.26. The summed E-state index contributed by atoms with van der Waals surface area (Å²) in [6, 6.07) is 1.46. The van der Waals surface area contributed by atoms with Crippen LogP contribution >= 0.6 is 0 Å². The molecule has 1 aliphatic heterocycles. The van der Waals surface area contributed by atoms with E-state index >= 15 is 0 Å². The summed E-state index contributed by atoms with van der Waals surface area (Å²) in [7, 11) is 0. The van der Waals surface area contributed by atoms with Gasteiger partial charge in [0.25, 0.3) is 0 Å². The third kappa shape index (κ3) is 2.53. The van der Waals surface area contributed by atoms with Gasteiger partial charge in [-0.1, -0.05) is 6.42 Å². The average Bonchev–Trinajstić information content (AvgIpc) is 3.09. The van der Waals surface area contributed by atoms with E-state index in [1.807, 2.05) is 12.4 Å². The van der Waals surface area contributed by atoms with Gasteiger partial charge in [-0.05, 0) is 38.1 Å². The van der Waals surface area contributed by atoms with Gasteiger partial charge in [0.1, 0.15) is 0 Å². The van der Waals surface area contributed by atoms with Crippen molar-refractivity contribution in [3.8, 4) is 0 Å². The van der Waals surface area contributed by atoms with Crippen LogP contribution in [0.2, 0.25) is 0 Å². The van der Waals surface area contributed by atoms with Crippen LogP contribution in [0.15, 0.2) is 12.4 Å². The van der Waals surface area contributed by atoms with E-state index in [-0.39, 0.29) is 0 Å². The van der Waals surface area contributed by atoms with Crippen LogP contribution in [0.1, 0.15) is 37.7 Å². The highest BCUT2D eigenvalue weighted by Crippen LogP contribution is 2.32. The lowest BCUT2D eigenvalue weighted by Gasteiger charge is -2.26. The van der Waals surface area contributed by atoms with Crippen molar-refractivity contribution in [3.63, 3.8) is 0 Å². The van der Waals surface area contributed by atoms with Crippen molar-refractivity contribution in [2.45, 2.75) is 50.7 Å². The van der Waals surface area contributed by atoms with E-state index in [0.717, 1.165) is 18.5 Å². The molecule has 4 heteroatoms. The van der Waals surface area contributed by atoms with Gasteiger partial charge in [0.2, 0.25) is 0 Å². The number of hydrogen-bond donors (Lipinski definition) is 3. The summed E-state index contributed by atoms with van der Waals surface area (Å²) in [6.45, 7) is 2.17. The molecule has 3 rings (SSSR count). The molecule has 0 radical (unpaired) electrons. The smallest absolute Gasteiger partial charge is 0.0532 e. The number of hydrogen-bond acceptors (Lipinski definition) is 3. The van der Waals surface area contributed by atoms with E-state index < -0.39 is 0 Å². The zero-order valence-electron chi connectivity index (χ0n) is 10.3. The maximum Gasteiger partial charge on any atom is 0.0532 e. The number of aromatic nitrogens is 2. The van der Waals surface area contributed by atoms with Crippen molar-refractivity contribution >= 4 is 0 Å². The summed E-state index contributed by atoms with van der Waals surface area (Å²) >= 11 is 0.